The second-order valence-corrected chi connectivity index (χ2v) is 7.22. The average molecular weight is 294 g/mol. The average Bonchev–Trinajstić information content (AvgIpc) is 3.12. The van der Waals surface area contributed by atoms with Crippen LogP contribution in [0.3, 0.4) is 0 Å². The molecule has 1 heterocycles. The summed E-state index contributed by atoms with van der Waals surface area (Å²) >= 11 is 0. The predicted octanol–water partition coefficient (Wildman–Crippen LogP) is 1.57. The van der Waals surface area contributed by atoms with E-state index in [0.717, 1.165) is 50.4 Å². The van der Waals surface area contributed by atoms with Crippen LogP contribution >= 0.6 is 0 Å². The molecule has 0 aromatic heterocycles. The molecular formula is C16H30N4O. The van der Waals surface area contributed by atoms with Gasteiger partial charge >= 0.3 is 0 Å². The Morgan fingerprint density at radius 1 is 1.24 bits per heavy atom. The third-order valence-electron chi connectivity index (χ3n) is 6.07. The van der Waals surface area contributed by atoms with Crippen LogP contribution in [0.2, 0.25) is 0 Å². The van der Waals surface area contributed by atoms with Crippen LogP contribution < -0.4 is 5.73 Å². The Balaban J connectivity index is 1.46. The molecule has 4 atom stereocenters. The van der Waals surface area contributed by atoms with E-state index in [1.54, 1.807) is 0 Å². The van der Waals surface area contributed by atoms with Gasteiger partial charge in [0.05, 0.1) is 6.04 Å². The van der Waals surface area contributed by atoms with Crippen LogP contribution in [0.25, 0.3) is 0 Å². The first-order valence-corrected chi connectivity index (χ1v) is 8.65. The minimum atomic E-state index is 0.0969. The van der Waals surface area contributed by atoms with Gasteiger partial charge in [-0.3, -0.25) is 4.90 Å². The molecule has 2 saturated carbocycles. The van der Waals surface area contributed by atoms with Crippen molar-refractivity contribution in [3.8, 4) is 0 Å². The number of rotatable bonds is 5. The Bertz CT molecular complexity index is 378. The highest BCUT2D eigenvalue weighted by Crippen LogP contribution is 2.48. The summed E-state index contributed by atoms with van der Waals surface area (Å²) < 4.78 is 0. The molecule has 2 aliphatic carbocycles. The fourth-order valence-electron chi connectivity index (χ4n) is 4.91. The number of fused-ring (bicyclic) bond motifs is 2. The van der Waals surface area contributed by atoms with Gasteiger partial charge in [0.2, 0.25) is 0 Å². The van der Waals surface area contributed by atoms with Crippen molar-refractivity contribution >= 4 is 5.84 Å². The van der Waals surface area contributed by atoms with Gasteiger partial charge in [-0.15, -0.1) is 0 Å². The summed E-state index contributed by atoms with van der Waals surface area (Å²) in [5.74, 6) is 3.39. The van der Waals surface area contributed by atoms with E-state index >= 15 is 0 Å². The predicted molar refractivity (Wildman–Crippen MR) is 84.4 cm³/mol. The van der Waals surface area contributed by atoms with Crippen molar-refractivity contribution in [3.63, 3.8) is 0 Å². The third kappa shape index (κ3) is 3.19. The lowest BCUT2D eigenvalue weighted by atomic mass is 9.88. The standard InChI is InChI=1S/C16H30N4O/c1-2-15(16(17)18-21)20-7-5-19(6-8-20)11-14-10-12-3-4-13(14)9-12/h12-15,21H,2-11H2,1H3,(H2,17,18). The Morgan fingerprint density at radius 2 is 2.00 bits per heavy atom. The molecule has 3 N–H and O–H groups in total. The largest absolute Gasteiger partial charge is 0.409 e. The Kier molecular flexibility index (Phi) is 4.69. The maximum atomic E-state index is 8.89. The highest BCUT2D eigenvalue weighted by atomic mass is 16.4. The number of piperazine rings is 1. The maximum absolute atomic E-state index is 8.89. The molecule has 0 amide bonds. The minimum Gasteiger partial charge on any atom is -0.409 e. The van der Waals surface area contributed by atoms with Crippen LogP contribution in [0.1, 0.15) is 39.0 Å². The van der Waals surface area contributed by atoms with Gasteiger partial charge in [0, 0.05) is 32.7 Å². The molecule has 1 saturated heterocycles. The van der Waals surface area contributed by atoms with Crippen LogP contribution in [-0.4, -0.2) is 59.6 Å². The van der Waals surface area contributed by atoms with E-state index in [9.17, 15) is 0 Å². The first-order chi connectivity index (χ1) is 10.2. The molecule has 3 fully saturated rings. The zero-order valence-corrected chi connectivity index (χ0v) is 13.2. The van der Waals surface area contributed by atoms with Crippen LogP contribution in [0.4, 0.5) is 0 Å². The molecule has 0 radical (unpaired) electrons. The number of oxime groups is 1. The van der Waals surface area contributed by atoms with Crippen molar-refractivity contribution < 1.29 is 5.21 Å². The summed E-state index contributed by atoms with van der Waals surface area (Å²) in [4.78, 5) is 5.01. The van der Waals surface area contributed by atoms with Crippen molar-refractivity contribution in [2.24, 2.45) is 28.6 Å². The molecule has 120 valence electrons. The van der Waals surface area contributed by atoms with Crippen molar-refractivity contribution in [1.29, 1.82) is 0 Å². The van der Waals surface area contributed by atoms with E-state index in [0.29, 0.717) is 5.84 Å². The topological polar surface area (TPSA) is 65.1 Å². The smallest absolute Gasteiger partial charge is 0.156 e. The van der Waals surface area contributed by atoms with Crippen molar-refractivity contribution in [2.45, 2.75) is 45.1 Å². The van der Waals surface area contributed by atoms with Gasteiger partial charge in [-0.25, -0.2) is 0 Å². The van der Waals surface area contributed by atoms with Gasteiger partial charge < -0.3 is 15.8 Å². The molecule has 4 unspecified atom stereocenters. The molecular weight excluding hydrogens is 264 g/mol. The lowest BCUT2D eigenvalue weighted by Gasteiger charge is -2.40. The molecule has 21 heavy (non-hydrogen) atoms. The highest BCUT2D eigenvalue weighted by Gasteiger charge is 2.40. The Labute approximate surface area is 128 Å². The fraction of sp³-hybridized carbons (Fsp3) is 0.938. The van der Waals surface area contributed by atoms with Crippen LogP contribution in [-0.2, 0) is 0 Å². The number of hydrogen-bond donors (Lipinski definition) is 2. The molecule has 3 aliphatic rings. The van der Waals surface area contributed by atoms with Gasteiger partial charge in [0.25, 0.3) is 0 Å². The molecule has 1 aliphatic heterocycles. The first kappa shape index (κ1) is 15.1. The molecule has 0 spiro atoms. The van der Waals surface area contributed by atoms with Gasteiger partial charge in [-0.2, -0.15) is 0 Å². The van der Waals surface area contributed by atoms with Crippen molar-refractivity contribution in [3.05, 3.63) is 0 Å². The quantitative estimate of drug-likeness (QED) is 0.350. The van der Waals surface area contributed by atoms with E-state index in [-0.39, 0.29) is 6.04 Å². The van der Waals surface area contributed by atoms with Crippen molar-refractivity contribution in [1.82, 2.24) is 9.80 Å². The highest BCUT2D eigenvalue weighted by molar-refractivity contribution is 5.85. The van der Waals surface area contributed by atoms with E-state index in [1.807, 2.05) is 0 Å². The lowest BCUT2D eigenvalue weighted by Crippen LogP contribution is -2.54. The summed E-state index contributed by atoms with van der Waals surface area (Å²) in [6.45, 7) is 7.73. The minimum absolute atomic E-state index is 0.0969. The van der Waals surface area contributed by atoms with Crippen LogP contribution in [0, 0.1) is 17.8 Å². The molecule has 0 aromatic carbocycles. The maximum Gasteiger partial charge on any atom is 0.156 e. The summed E-state index contributed by atoms with van der Waals surface area (Å²) in [6, 6.07) is 0.0969. The number of amidine groups is 1. The fourth-order valence-corrected chi connectivity index (χ4v) is 4.91. The number of nitrogens with zero attached hydrogens (tertiary/aromatic N) is 3. The summed E-state index contributed by atoms with van der Waals surface area (Å²) in [6.07, 6.45) is 6.87. The second kappa shape index (κ2) is 6.53. The van der Waals surface area contributed by atoms with Gasteiger partial charge in [0.1, 0.15) is 0 Å². The van der Waals surface area contributed by atoms with Crippen LogP contribution in [0.5, 0.6) is 0 Å². The SMILES string of the molecule is CCC(C(N)=NO)N1CCN(CC2CC3CCC2C3)CC1. The Hall–Kier alpha value is -0.810. The first-order valence-electron chi connectivity index (χ1n) is 8.65. The van der Waals surface area contributed by atoms with E-state index in [2.05, 4.69) is 21.9 Å². The van der Waals surface area contributed by atoms with Crippen molar-refractivity contribution in [2.75, 3.05) is 32.7 Å². The van der Waals surface area contributed by atoms with Gasteiger partial charge in [-0.1, -0.05) is 18.5 Å². The lowest BCUT2D eigenvalue weighted by molar-refractivity contribution is 0.0925. The number of nitrogens with two attached hydrogens (primary N) is 1. The molecule has 5 nitrogen and oxygen atoms in total. The van der Waals surface area contributed by atoms with E-state index in [1.165, 1.54) is 32.2 Å². The molecule has 3 rings (SSSR count). The number of hydrogen-bond acceptors (Lipinski definition) is 4. The Morgan fingerprint density at radius 3 is 2.52 bits per heavy atom. The zero-order valence-electron chi connectivity index (χ0n) is 13.2. The summed E-state index contributed by atoms with van der Waals surface area (Å²) in [5.41, 5.74) is 5.81. The van der Waals surface area contributed by atoms with Crippen LogP contribution in [0.15, 0.2) is 5.16 Å². The summed E-state index contributed by atoms with van der Waals surface area (Å²) in [7, 11) is 0. The monoisotopic (exact) mass is 294 g/mol. The second-order valence-electron chi connectivity index (χ2n) is 7.22. The normalized spacial score (nSPS) is 36.2. The van der Waals surface area contributed by atoms with Gasteiger partial charge in [-0.05, 0) is 43.4 Å². The van der Waals surface area contributed by atoms with Gasteiger partial charge in [0.15, 0.2) is 5.84 Å². The molecule has 2 bridgehead atoms. The third-order valence-corrected chi connectivity index (χ3v) is 6.07. The van der Waals surface area contributed by atoms with E-state index < -0.39 is 0 Å². The zero-order chi connectivity index (χ0) is 14.8. The molecule has 5 heteroatoms. The van der Waals surface area contributed by atoms with E-state index in [4.69, 9.17) is 10.9 Å². The summed E-state index contributed by atoms with van der Waals surface area (Å²) in [5, 5.41) is 12.1. The molecule has 0 aromatic rings.